The molecule has 24 heavy (non-hydrogen) atoms. The maximum absolute atomic E-state index is 12.7. The Morgan fingerprint density at radius 3 is 2.38 bits per heavy atom. The van der Waals surface area contributed by atoms with E-state index < -0.39 is 0 Å². The summed E-state index contributed by atoms with van der Waals surface area (Å²) in [5, 5.41) is 2.76. The molecule has 2 aromatic carbocycles. The quantitative estimate of drug-likeness (QED) is 0.685. The fraction of sp³-hybridized carbons (Fsp3) is 0. The van der Waals surface area contributed by atoms with Gasteiger partial charge < -0.3 is 5.32 Å². The monoisotopic (exact) mass is 380 g/mol. The minimum absolute atomic E-state index is 0.145. The van der Waals surface area contributed by atoms with Crippen molar-refractivity contribution < 1.29 is 9.59 Å². The summed E-state index contributed by atoms with van der Waals surface area (Å²) >= 11 is 3.31. The maximum atomic E-state index is 12.7. The molecule has 4 nitrogen and oxygen atoms in total. The smallest absolute Gasteiger partial charge is 0.274 e. The first kappa shape index (κ1) is 16.1. The van der Waals surface area contributed by atoms with E-state index in [1.807, 2.05) is 6.07 Å². The first-order valence-electron chi connectivity index (χ1n) is 7.27. The second kappa shape index (κ2) is 7.19. The van der Waals surface area contributed by atoms with Crippen LogP contribution in [-0.2, 0) is 0 Å². The fourth-order valence-electron chi connectivity index (χ4n) is 2.25. The van der Waals surface area contributed by atoms with E-state index in [1.54, 1.807) is 66.9 Å². The molecular formula is C19H13BrN2O2. The van der Waals surface area contributed by atoms with Crippen molar-refractivity contribution in [2.75, 3.05) is 5.32 Å². The Balaban J connectivity index is 1.90. The zero-order valence-electron chi connectivity index (χ0n) is 12.6. The summed E-state index contributed by atoms with van der Waals surface area (Å²) in [5.74, 6) is -0.515. The molecular weight excluding hydrogens is 368 g/mol. The molecule has 0 unspecified atom stereocenters. The van der Waals surface area contributed by atoms with Gasteiger partial charge in [0.05, 0.1) is 5.69 Å². The molecule has 0 aliphatic heterocycles. The molecule has 0 spiro atoms. The molecule has 0 bridgehead atoms. The van der Waals surface area contributed by atoms with Gasteiger partial charge in [0.1, 0.15) is 5.69 Å². The summed E-state index contributed by atoms with van der Waals surface area (Å²) in [5.41, 5.74) is 1.73. The lowest BCUT2D eigenvalue weighted by Crippen LogP contribution is -2.16. The number of hydrogen-bond acceptors (Lipinski definition) is 3. The lowest BCUT2D eigenvalue weighted by atomic mass is 10.0. The Morgan fingerprint density at radius 2 is 1.62 bits per heavy atom. The Hall–Kier alpha value is -2.79. The summed E-state index contributed by atoms with van der Waals surface area (Å²) in [4.78, 5) is 29.1. The average molecular weight is 381 g/mol. The number of pyridine rings is 1. The number of anilines is 1. The molecule has 3 aromatic rings. The highest BCUT2D eigenvalue weighted by atomic mass is 79.9. The van der Waals surface area contributed by atoms with Crippen LogP contribution >= 0.6 is 15.9 Å². The summed E-state index contributed by atoms with van der Waals surface area (Å²) in [6, 6.07) is 19.2. The second-order valence-electron chi connectivity index (χ2n) is 5.05. The fourth-order valence-corrected chi connectivity index (χ4v) is 2.59. The Bertz CT molecular complexity index is 895. The minimum atomic E-state index is -0.371. The van der Waals surface area contributed by atoms with Crippen molar-refractivity contribution in [1.29, 1.82) is 0 Å². The molecule has 0 atom stereocenters. The van der Waals surface area contributed by atoms with Gasteiger partial charge in [-0.3, -0.25) is 14.6 Å². The van der Waals surface area contributed by atoms with Gasteiger partial charge in [0, 0.05) is 21.8 Å². The van der Waals surface area contributed by atoms with Crippen LogP contribution in [0.3, 0.4) is 0 Å². The Morgan fingerprint density at radius 1 is 0.917 bits per heavy atom. The highest BCUT2D eigenvalue weighted by Crippen LogP contribution is 2.20. The third kappa shape index (κ3) is 3.58. The van der Waals surface area contributed by atoms with Gasteiger partial charge in [-0.2, -0.15) is 0 Å². The third-order valence-electron chi connectivity index (χ3n) is 3.41. The largest absolute Gasteiger partial charge is 0.320 e. The molecule has 0 saturated carbocycles. The summed E-state index contributed by atoms with van der Waals surface area (Å²) in [7, 11) is 0. The van der Waals surface area contributed by atoms with E-state index in [-0.39, 0.29) is 17.4 Å². The number of aromatic nitrogens is 1. The third-order valence-corrected chi connectivity index (χ3v) is 3.90. The molecule has 118 valence electrons. The first-order valence-corrected chi connectivity index (χ1v) is 8.06. The van der Waals surface area contributed by atoms with E-state index in [1.165, 1.54) is 0 Å². The molecule has 1 aromatic heterocycles. The van der Waals surface area contributed by atoms with Crippen molar-refractivity contribution in [3.63, 3.8) is 0 Å². The van der Waals surface area contributed by atoms with Gasteiger partial charge in [-0.1, -0.05) is 58.4 Å². The highest BCUT2D eigenvalue weighted by molar-refractivity contribution is 9.10. The van der Waals surface area contributed by atoms with Crippen LogP contribution < -0.4 is 5.32 Å². The predicted octanol–water partition coefficient (Wildman–Crippen LogP) is 4.33. The molecule has 0 saturated heterocycles. The van der Waals surface area contributed by atoms with Gasteiger partial charge >= 0.3 is 0 Å². The van der Waals surface area contributed by atoms with E-state index in [0.29, 0.717) is 16.8 Å². The molecule has 0 fully saturated rings. The molecule has 3 rings (SSSR count). The van der Waals surface area contributed by atoms with Crippen molar-refractivity contribution >= 4 is 33.3 Å². The van der Waals surface area contributed by atoms with Crippen LogP contribution in [0, 0.1) is 0 Å². The molecule has 1 N–H and O–H groups in total. The van der Waals surface area contributed by atoms with Crippen molar-refractivity contribution in [2.24, 2.45) is 0 Å². The number of halogens is 1. The molecule has 1 heterocycles. The molecule has 0 radical (unpaired) electrons. The number of benzene rings is 2. The number of nitrogens with zero attached hydrogens (tertiary/aromatic N) is 1. The second-order valence-corrected chi connectivity index (χ2v) is 5.97. The van der Waals surface area contributed by atoms with E-state index in [2.05, 4.69) is 26.2 Å². The van der Waals surface area contributed by atoms with E-state index in [0.717, 1.165) is 4.47 Å². The number of carbonyl (C=O) groups excluding carboxylic acids is 2. The van der Waals surface area contributed by atoms with E-state index in [4.69, 9.17) is 0 Å². The number of hydrogen-bond donors (Lipinski definition) is 1. The molecule has 1 amide bonds. The normalized spacial score (nSPS) is 10.2. The van der Waals surface area contributed by atoms with Gasteiger partial charge in [0.15, 0.2) is 5.78 Å². The van der Waals surface area contributed by atoms with E-state index in [9.17, 15) is 9.59 Å². The lowest BCUT2D eigenvalue weighted by molar-refractivity contribution is 0.102. The zero-order chi connectivity index (χ0) is 16.9. The minimum Gasteiger partial charge on any atom is -0.320 e. The standard InChI is InChI=1S/C19H13BrN2O2/c20-14-10-11-21-17(12-14)19(24)22-16-9-5-4-8-15(16)18(23)13-6-2-1-3-7-13/h1-12H,(H,22,24). The Kier molecular flexibility index (Phi) is 4.82. The number of carbonyl (C=O) groups is 2. The van der Waals surface area contributed by atoms with Crippen LogP contribution in [0.15, 0.2) is 77.4 Å². The average Bonchev–Trinajstić information content (AvgIpc) is 2.62. The van der Waals surface area contributed by atoms with Crippen molar-refractivity contribution in [3.8, 4) is 0 Å². The van der Waals surface area contributed by atoms with Gasteiger partial charge in [-0.25, -0.2) is 0 Å². The van der Waals surface area contributed by atoms with Crippen LogP contribution in [0.1, 0.15) is 26.4 Å². The zero-order valence-corrected chi connectivity index (χ0v) is 14.2. The van der Waals surface area contributed by atoms with Crippen molar-refractivity contribution in [1.82, 2.24) is 4.98 Å². The number of para-hydroxylation sites is 1. The molecule has 0 aliphatic carbocycles. The molecule has 5 heteroatoms. The number of ketones is 1. The SMILES string of the molecule is O=C(Nc1ccccc1C(=O)c1ccccc1)c1cc(Br)ccn1. The van der Waals surface area contributed by atoms with E-state index >= 15 is 0 Å². The topological polar surface area (TPSA) is 59.1 Å². The van der Waals surface area contributed by atoms with Crippen LogP contribution in [0.2, 0.25) is 0 Å². The lowest BCUT2D eigenvalue weighted by Gasteiger charge is -2.10. The van der Waals surface area contributed by atoms with Gasteiger partial charge in [-0.05, 0) is 24.3 Å². The maximum Gasteiger partial charge on any atom is 0.274 e. The number of rotatable bonds is 4. The van der Waals surface area contributed by atoms with Crippen LogP contribution in [0.25, 0.3) is 0 Å². The first-order chi connectivity index (χ1) is 11.6. The van der Waals surface area contributed by atoms with Crippen molar-refractivity contribution in [3.05, 3.63) is 94.2 Å². The molecule has 0 aliphatic rings. The number of amides is 1. The van der Waals surface area contributed by atoms with Gasteiger partial charge in [-0.15, -0.1) is 0 Å². The summed E-state index contributed by atoms with van der Waals surface area (Å²) in [6.45, 7) is 0. The van der Waals surface area contributed by atoms with Crippen LogP contribution in [0.5, 0.6) is 0 Å². The Labute approximate surface area is 147 Å². The van der Waals surface area contributed by atoms with Gasteiger partial charge in [0.25, 0.3) is 5.91 Å². The van der Waals surface area contributed by atoms with Crippen LogP contribution in [0.4, 0.5) is 5.69 Å². The number of nitrogens with one attached hydrogen (secondary N) is 1. The summed E-state index contributed by atoms with van der Waals surface area (Å²) in [6.07, 6.45) is 1.54. The van der Waals surface area contributed by atoms with Crippen molar-refractivity contribution in [2.45, 2.75) is 0 Å². The highest BCUT2D eigenvalue weighted by Gasteiger charge is 2.16. The van der Waals surface area contributed by atoms with Gasteiger partial charge in [0.2, 0.25) is 0 Å². The predicted molar refractivity (Wildman–Crippen MR) is 96.2 cm³/mol. The summed E-state index contributed by atoms with van der Waals surface area (Å²) < 4.78 is 0.760. The van der Waals surface area contributed by atoms with Crippen LogP contribution in [-0.4, -0.2) is 16.7 Å².